The van der Waals surface area contributed by atoms with Gasteiger partial charge in [-0.1, -0.05) is 20.8 Å². The second-order valence-electron chi connectivity index (χ2n) is 6.29. The third kappa shape index (κ3) is 4.12. The Kier molecular flexibility index (Phi) is 5.37. The van der Waals surface area contributed by atoms with Gasteiger partial charge in [-0.2, -0.15) is 11.8 Å². The Labute approximate surface area is 131 Å². The lowest BCUT2D eigenvalue weighted by Crippen LogP contribution is -2.43. The second kappa shape index (κ2) is 6.67. The summed E-state index contributed by atoms with van der Waals surface area (Å²) in [7, 11) is 0. The molecular weight excluding hydrogens is 286 g/mol. The molecule has 1 fully saturated rings. The molecule has 0 spiro atoms. The third-order valence-corrected chi connectivity index (χ3v) is 5.92. The highest BCUT2D eigenvalue weighted by molar-refractivity contribution is 8.00. The minimum Gasteiger partial charge on any atom is -0.346 e. The second-order valence-corrected chi connectivity index (χ2v) is 9.15. The number of thioether (sulfide) groups is 1. The fraction of sp³-hybridized carbons (Fsp3) is 0.800. The van der Waals surface area contributed by atoms with Crippen molar-refractivity contribution in [3.05, 3.63) is 10.6 Å². The summed E-state index contributed by atoms with van der Waals surface area (Å²) >= 11 is 3.95. The molecule has 1 aliphatic heterocycles. The van der Waals surface area contributed by atoms with Gasteiger partial charge in [-0.25, -0.2) is 4.98 Å². The van der Waals surface area contributed by atoms with Gasteiger partial charge >= 0.3 is 0 Å². The maximum absolute atomic E-state index is 4.89. The Balaban J connectivity index is 2.12. The maximum Gasteiger partial charge on any atom is 0.185 e. The van der Waals surface area contributed by atoms with Crippen LogP contribution in [0.5, 0.6) is 0 Å². The van der Waals surface area contributed by atoms with Crippen LogP contribution in [-0.4, -0.2) is 34.6 Å². The smallest absolute Gasteiger partial charge is 0.185 e. The van der Waals surface area contributed by atoms with Gasteiger partial charge in [-0.05, 0) is 20.3 Å². The summed E-state index contributed by atoms with van der Waals surface area (Å²) in [5, 5.41) is 4.74. The van der Waals surface area contributed by atoms with Crippen molar-refractivity contribution in [1.29, 1.82) is 0 Å². The summed E-state index contributed by atoms with van der Waals surface area (Å²) in [6.07, 6.45) is 1.03. The Morgan fingerprint density at radius 2 is 2.15 bits per heavy atom. The minimum atomic E-state index is 0.340. The number of nitrogens with one attached hydrogen (secondary N) is 1. The van der Waals surface area contributed by atoms with Gasteiger partial charge in [-0.15, -0.1) is 11.3 Å². The average Bonchev–Trinajstić information content (AvgIpc) is 2.78. The molecule has 0 unspecified atom stereocenters. The molecular formula is C15H27N3S2. The quantitative estimate of drug-likeness (QED) is 0.900. The summed E-state index contributed by atoms with van der Waals surface area (Å²) < 4.78 is 0.340. The molecule has 1 aromatic heterocycles. The first kappa shape index (κ1) is 16.1. The lowest BCUT2D eigenvalue weighted by molar-refractivity contribution is 0.590. The van der Waals surface area contributed by atoms with Gasteiger partial charge in [0.15, 0.2) is 5.13 Å². The molecule has 1 N–H and O–H groups in total. The van der Waals surface area contributed by atoms with E-state index < -0.39 is 0 Å². The van der Waals surface area contributed by atoms with Gasteiger partial charge in [0.1, 0.15) is 0 Å². The summed E-state index contributed by atoms with van der Waals surface area (Å²) in [6.45, 7) is 14.4. The number of hydrogen-bond donors (Lipinski definition) is 1. The van der Waals surface area contributed by atoms with Gasteiger partial charge in [-0.3, -0.25) is 0 Å². The molecule has 0 bridgehead atoms. The van der Waals surface area contributed by atoms with Gasteiger partial charge in [0.2, 0.25) is 0 Å². The van der Waals surface area contributed by atoms with E-state index in [1.165, 1.54) is 21.5 Å². The van der Waals surface area contributed by atoms with Crippen molar-refractivity contribution in [2.45, 2.75) is 58.4 Å². The molecule has 1 aromatic rings. The summed E-state index contributed by atoms with van der Waals surface area (Å²) in [6, 6.07) is 0.524. The average molecular weight is 314 g/mol. The number of hydrogen-bond acceptors (Lipinski definition) is 5. The Bertz CT molecular complexity index is 440. The van der Waals surface area contributed by atoms with Crippen LogP contribution in [-0.2, 0) is 13.0 Å². The van der Waals surface area contributed by atoms with Crippen molar-refractivity contribution in [1.82, 2.24) is 10.3 Å². The zero-order valence-corrected chi connectivity index (χ0v) is 15.0. The van der Waals surface area contributed by atoms with Crippen LogP contribution in [0.3, 0.4) is 0 Å². The highest BCUT2D eigenvalue weighted by atomic mass is 32.2. The van der Waals surface area contributed by atoms with E-state index in [2.05, 4.69) is 56.6 Å². The van der Waals surface area contributed by atoms with Crippen LogP contribution in [0.15, 0.2) is 0 Å². The fourth-order valence-electron chi connectivity index (χ4n) is 2.40. The zero-order valence-electron chi connectivity index (χ0n) is 13.3. The first-order valence-corrected chi connectivity index (χ1v) is 9.32. The van der Waals surface area contributed by atoms with Crippen LogP contribution in [0.2, 0.25) is 0 Å². The fourth-order valence-corrected chi connectivity index (χ4v) is 4.63. The van der Waals surface area contributed by atoms with Crippen LogP contribution in [0, 0.1) is 0 Å². The van der Waals surface area contributed by atoms with Gasteiger partial charge in [0.25, 0.3) is 0 Å². The van der Waals surface area contributed by atoms with Gasteiger partial charge in [0.05, 0.1) is 5.69 Å². The van der Waals surface area contributed by atoms with E-state index in [4.69, 9.17) is 4.98 Å². The molecule has 0 aromatic carbocycles. The molecule has 0 aliphatic carbocycles. The van der Waals surface area contributed by atoms with E-state index in [0.29, 0.717) is 10.8 Å². The van der Waals surface area contributed by atoms with Crippen molar-refractivity contribution in [3.63, 3.8) is 0 Å². The molecule has 0 saturated carbocycles. The lowest BCUT2D eigenvalue weighted by atomic mass is 10.2. The minimum absolute atomic E-state index is 0.340. The SMILES string of the molecule is CCc1nc(N2CCSC(C)(C)C2)sc1CNC(C)C. The molecule has 2 heterocycles. The van der Waals surface area contributed by atoms with Crippen LogP contribution in [0.4, 0.5) is 5.13 Å². The van der Waals surface area contributed by atoms with Crippen molar-refractivity contribution in [2.24, 2.45) is 0 Å². The zero-order chi connectivity index (χ0) is 14.8. The van der Waals surface area contributed by atoms with Crippen LogP contribution >= 0.6 is 23.1 Å². The van der Waals surface area contributed by atoms with Crippen LogP contribution in [0.1, 0.15) is 45.2 Å². The highest BCUT2D eigenvalue weighted by Gasteiger charge is 2.29. The Morgan fingerprint density at radius 3 is 2.75 bits per heavy atom. The van der Waals surface area contributed by atoms with E-state index >= 15 is 0 Å². The molecule has 1 saturated heterocycles. The predicted molar refractivity (Wildman–Crippen MR) is 92.2 cm³/mol. The molecule has 1 aliphatic rings. The molecule has 0 amide bonds. The largest absolute Gasteiger partial charge is 0.346 e. The maximum atomic E-state index is 4.89. The monoisotopic (exact) mass is 313 g/mol. The number of aryl methyl sites for hydroxylation is 1. The van der Waals surface area contributed by atoms with Crippen LogP contribution in [0.25, 0.3) is 0 Å². The van der Waals surface area contributed by atoms with E-state index in [0.717, 1.165) is 26.1 Å². The number of aromatic nitrogens is 1. The molecule has 20 heavy (non-hydrogen) atoms. The van der Waals surface area contributed by atoms with Crippen LogP contribution < -0.4 is 10.2 Å². The summed E-state index contributed by atoms with van der Waals surface area (Å²) in [5.74, 6) is 1.20. The van der Waals surface area contributed by atoms with Crippen molar-refractivity contribution >= 4 is 28.2 Å². The third-order valence-electron chi connectivity index (χ3n) is 3.47. The van der Waals surface area contributed by atoms with Crippen molar-refractivity contribution in [2.75, 3.05) is 23.7 Å². The number of rotatable bonds is 5. The molecule has 0 atom stereocenters. The molecule has 5 heteroatoms. The highest BCUT2D eigenvalue weighted by Crippen LogP contribution is 2.35. The normalized spacial score (nSPS) is 18.8. The van der Waals surface area contributed by atoms with E-state index in [1.54, 1.807) is 0 Å². The lowest BCUT2D eigenvalue weighted by Gasteiger charge is -2.37. The van der Waals surface area contributed by atoms with Crippen molar-refractivity contribution in [3.8, 4) is 0 Å². The van der Waals surface area contributed by atoms with Gasteiger partial charge < -0.3 is 10.2 Å². The standard InChI is InChI=1S/C15H27N3S2/c1-6-12-13(9-16-11(2)3)20-14(17-12)18-7-8-19-15(4,5)10-18/h11,16H,6-10H2,1-5H3. The number of nitrogens with zero attached hydrogens (tertiary/aromatic N) is 2. The topological polar surface area (TPSA) is 28.2 Å². The molecule has 2 rings (SSSR count). The molecule has 3 nitrogen and oxygen atoms in total. The van der Waals surface area contributed by atoms with E-state index in [-0.39, 0.29) is 0 Å². The van der Waals surface area contributed by atoms with E-state index in [9.17, 15) is 0 Å². The van der Waals surface area contributed by atoms with Gasteiger partial charge in [0, 0.05) is 41.1 Å². The summed E-state index contributed by atoms with van der Waals surface area (Å²) in [4.78, 5) is 8.77. The molecule has 114 valence electrons. The molecule has 0 radical (unpaired) electrons. The van der Waals surface area contributed by atoms with Crippen molar-refractivity contribution < 1.29 is 0 Å². The predicted octanol–water partition coefficient (Wildman–Crippen LogP) is 3.54. The van der Waals surface area contributed by atoms with E-state index in [1.807, 2.05) is 11.3 Å². The first-order valence-electron chi connectivity index (χ1n) is 7.52. The summed E-state index contributed by atoms with van der Waals surface area (Å²) in [5.41, 5.74) is 1.27. The first-order chi connectivity index (χ1) is 9.41. The number of thiazole rings is 1. The number of anilines is 1. The Morgan fingerprint density at radius 1 is 1.40 bits per heavy atom. The Hall–Kier alpha value is -0.260.